The highest BCUT2D eigenvalue weighted by Crippen LogP contribution is 2.17. The fraction of sp³-hybridized carbons (Fsp3) is 0.474. The van der Waals surface area contributed by atoms with E-state index in [1.54, 1.807) is 23.7 Å². The summed E-state index contributed by atoms with van der Waals surface area (Å²) >= 11 is 1.66. The van der Waals surface area contributed by atoms with Gasteiger partial charge in [0, 0.05) is 49.9 Å². The molecule has 8 heteroatoms. The van der Waals surface area contributed by atoms with Crippen molar-refractivity contribution in [3.63, 3.8) is 0 Å². The monoisotopic (exact) mass is 387 g/mol. The first-order valence-corrected chi connectivity index (χ1v) is 9.95. The smallest absolute Gasteiger partial charge is 0.237 e. The maximum atomic E-state index is 12.4. The number of aromatic nitrogens is 2. The van der Waals surface area contributed by atoms with E-state index in [1.807, 2.05) is 30.9 Å². The van der Waals surface area contributed by atoms with Crippen molar-refractivity contribution in [2.75, 3.05) is 19.6 Å². The Morgan fingerprint density at radius 3 is 3.00 bits per heavy atom. The Labute approximate surface area is 163 Å². The van der Waals surface area contributed by atoms with Gasteiger partial charge in [0.25, 0.3) is 0 Å². The largest absolute Gasteiger partial charge is 0.356 e. The molecular weight excluding hydrogens is 362 g/mol. The zero-order valence-electron chi connectivity index (χ0n) is 15.7. The van der Waals surface area contributed by atoms with Crippen LogP contribution >= 0.6 is 11.3 Å². The number of pyridine rings is 1. The zero-order valence-corrected chi connectivity index (χ0v) is 16.5. The molecule has 0 aromatic carbocycles. The topological polar surface area (TPSA) is 87.2 Å². The summed E-state index contributed by atoms with van der Waals surface area (Å²) in [4.78, 5) is 36.5. The van der Waals surface area contributed by atoms with Crippen LogP contribution in [0.1, 0.15) is 27.6 Å². The van der Waals surface area contributed by atoms with Crippen LogP contribution in [0.3, 0.4) is 0 Å². The number of carbonyl (C=O) groups is 2. The van der Waals surface area contributed by atoms with Crippen LogP contribution in [0.15, 0.2) is 24.5 Å². The SMILES string of the molecule is Cc1nc(CCNC(=O)CC2C(=O)NCCN2Cc2cccnc2)sc1C. The van der Waals surface area contributed by atoms with Crippen LogP contribution in [0.25, 0.3) is 0 Å². The van der Waals surface area contributed by atoms with Crippen LogP contribution in [0.4, 0.5) is 0 Å². The van der Waals surface area contributed by atoms with Gasteiger partial charge in [0.05, 0.1) is 23.2 Å². The van der Waals surface area contributed by atoms with Crippen molar-refractivity contribution in [1.29, 1.82) is 0 Å². The van der Waals surface area contributed by atoms with Gasteiger partial charge >= 0.3 is 0 Å². The summed E-state index contributed by atoms with van der Waals surface area (Å²) in [5.74, 6) is -0.204. The first-order chi connectivity index (χ1) is 13.0. The van der Waals surface area contributed by atoms with Crippen molar-refractivity contribution in [3.05, 3.63) is 45.7 Å². The fourth-order valence-corrected chi connectivity index (χ4v) is 4.04. The first-order valence-electron chi connectivity index (χ1n) is 9.13. The lowest BCUT2D eigenvalue weighted by Crippen LogP contribution is -2.56. The van der Waals surface area contributed by atoms with E-state index in [9.17, 15) is 9.59 Å². The highest BCUT2D eigenvalue weighted by molar-refractivity contribution is 7.11. The average Bonchev–Trinajstić information content (AvgIpc) is 2.96. The fourth-order valence-electron chi connectivity index (χ4n) is 3.10. The summed E-state index contributed by atoms with van der Waals surface area (Å²) in [6, 6.07) is 3.40. The summed E-state index contributed by atoms with van der Waals surface area (Å²) in [5, 5.41) is 6.81. The molecule has 3 heterocycles. The van der Waals surface area contributed by atoms with Crippen LogP contribution < -0.4 is 10.6 Å². The quantitative estimate of drug-likeness (QED) is 0.746. The molecule has 2 aromatic rings. The predicted octanol–water partition coefficient (Wildman–Crippen LogP) is 1.20. The highest BCUT2D eigenvalue weighted by atomic mass is 32.1. The summed E-state index contributed by atoms with van der Waals surface area (Å²) in [6.45, 7) is 6.50. The number of carbonyl (C=O) groups excluding carboxylic acids is 2. The highest BCUT2D eigenvalue weighted by Gasteiger charge is 2.31. The van der Waals surface area contributed by atoms with Crippen molar-refractivity contribution in [2.45, 2.75) is 39.3 Å². The third-order valence-corrected chi connectivity index (χ3v) is 5.80. The molecule has 0 aliphatic carbocycles. The number of rotatable bonds is 7. The molecule has 0 bridgehead atoms. The van der Waals surface area contributed by atoms with Crippen molar-refractivity contribution in [3.8, 4) is 0 Å². The van der Waals surface area contributed by atoms with E-state index >= 15 is 0 Å². The van der Waals surface area contributed by atoms with Crippen molar-refractivity contribution in [2.24, 2.45) is 0 Å². The molecule has 7 nitrogen and oxygen atoms in total. The van der Waals surface area contributed by atoms with Crippen LogP contribution in [-0.4, -0.2) is 52.4 Å². The Balaban J connectivity index is 1.52. The Morgan fingerprint density at radius 1 is 1.44 bits per heavy atom. The predicted molar refractivity (Wildman–Crippen MR) is 104 cm³/mol. The Hall–Kier alpha value is -2.32. The second kappa shape index (κ2) is 9.05. The van der Waals surface area contributed by atoms with Gasteiger partial charge < -0.3 is 10.6 Å². The van der Waals surface area contributed by atoms with Gasteiger partial charge in [0.2, 0.25) is 11.8 Å². The van der Waals surface area contributed by atoms with E-state index in [4.69, 9.17) is 0 Å². The molecule has 2 aromatic heterocycles. The minimum Gasteiger partial charge on any atom is -0.356 e. The maximum Gasteiger partial charge on any atom is 0.237 e. The number of nitrogens with zero attached hydrogens (tertiary/aromatic N) is 3. The van der Waals surface area contributed by atoms with Crippen molar-refractivity contribution < 1.29 is 9.59 Å². The molecule has 0 radical (unpaired) electrons. The summed E-state index contributed by atoms with van der Waals surface area (Å²) in [7, 11) is 0. The molecule has 2 amide bonds. The lowest BCUT2D eigenvalue weighted by molar-refractivity contribution is -0.134. The van der Waals surface area contributed by atoms with Gasteiger partial charge in [0.15, 0.2) is 0 Å². The number of thiazole rings is 1. The molecule has 2 N–H and O–H groups in total. The Kier molecular flexibility index (Phi) is 6.52. The minimum absolute atomic E-state index is 0.0912. The van der Waals surface area contributed by atoms with Crippen LogP contribution in [0, 0.1) is 13.8 Å². The van der Waals surface area contributed by atoms with E-state index in [-0.39, 0.29) is 18.2 Å². The van der Waals surface area contributed by atoms with E-state index in [0.717, 1.165) is 22.8 Å². The molecule has 144 valence electrons. The van der Waals surface area contributed by atoms with Gasteiger partial charge in [-0.3, -0.25) is 19.5 Å². The van der Waals surface area contributed by atoms with Crippen LogP contribution in [-0.2, 0) is 22.6 Å². The average molecular weight is 388 g/mol. The lowest BCUT2D eigenvalue weighted by Gasteiger charge is -2.34. The normalized spacial score (nSPS) is 17.6. The van der Waals surface area contributed by atoms with Gasteiger partial charge in [0.1, 0.15) is 0 Å². The van der Waals surface area contributed by atoms with E-state index in [1.165, 1.54) is 4.88 Å². The minimum atomic E-state index is -0.455. The number of amides is 2. The van der Waals surface area contributed by atoms with Crippen molar-refractivity contribution >= 4 is 23.2 Å². The Morgan fingerprint density at radius 2 is 2.30 bits per heavy atom. The summed E-state index contributed by atoms with van der Waals surface area (Å²) < 4.78 is 0. The summed E-state index contributed by atoms with van der Waals surface area (Å²) in [5.41, 5.74) is 2.08. The van der Waals surface area contributed by atoms with E-state index < -0.39 is 6.04 Å². The molecule has 0 spiro atoms. The number of hydrogen-bond acceptors (Lipinski definition) is 6. The van der Waals surface area contributed by atoms with Gasteiger partial charge in [-0.25, -0.2) is 4.98 Å². The second-order valence-electron chi connectivity index (χ2n) is 6.69. The number of nitrogens with one attached hydrogen (secondary N) is 2. The molecule has 1 fully saturated rings. The molecule has 0 saturated carbocycles. The molecule has 27 heavy (non-hydrogen) atoms. The molecule has 1 saturated heterocycles. The molecule has 1 aliphatic rings. The van der Waals surface area contributed by atoms with Crippen molar-refractivity contribution in [1.82, 2.24) is 25.5 Å². The maximum absolute atomic E-state index is 12.4. The van der Waals surface area contributed by atoms with Gasteiger partial charge in [-0.05, 0) is 25.5 Å². The van der Waals surface area contributed by atoms with Gasteiger partial charge in [-0.2, -0.15) is 0 Å². The van der Waals surface area contributed by atoms with Gasteiger partial charge in [-0.15, -0.1) is 11.3 Å². The second-order valence-corrected chi connectivity index (χ2v) is 7.98. The third-order valence-electron chi connectivity index (χ3n) is 4.66. The lowest BCUT2D eigenvalue weighted by atomic mass is 10.1. The standard InChI is InChI=1S/C19H25N5O2S/c1-13-14(2)27-18(23-13)5-7-21-17(25)10-16-19(26)22-8-9-24(16)12-15-4-3-6-20-11-15/h3-4,6,11,16H,5,7-10,12H2,1-2H3,(H,21,25)(H,22,26). The molecule has 3 rings (SSSR count). The van der Waals surface area contributed by atoms with E-state index in [2.05, 4.69) is 20.6 Å². The number of aryl methyl sites for hydroxylation is 2. The van der Waals surface area contributed by atoms with E-state index in [0.29, 0.717) is 26.1 Å². The molecule has 1 aliphatic heterocycles. The molecular formula is C19H25N5O2S. The van der Waals surface area contributed by atoms with Crippen LogP contribution in [0.2, 0.25) is 0 Å². The number of piperazine rings is 1. The Bertz CT molecular complexity index is 773. The summed E-state index contributed by atoms with van der Waals surface area (Å²) in [6.07, 6.45) is 4.38. The third kappa shape index (κ3) is 5.33. The van der Waals surface area contributed by atoms with Crippen LogP contribution in [0.5, 0.6) is 0 Å². The molecule has 1 unspecified atom stereocenters. The molecule has 1 atom stereocenters. The zero-order chi connectivity index (χ0) is 19.2. The van der Waals surface area contributed by atoms with Gasteiger partial charge in [-0.1, -0.05) is 6.07 Å². The first kappa shape index (κ1) is 19.4. The number of hydrogen-bond donors (Lipinski definition) is 2.